The fraction of sp³-hybridized carbons (Fsp3) is 0.333. The summed E-state index contributed by atoms with van der Waals surface area (Å²) in [6.45, 7) is 10.3. The van der Waals surface area contributed by atoms with Gasteiger partial charge in [-0.2, -0.15) is 0 Å². The second kappa shape index (κ2) is 3.57. The molecule has 1 aromatic rings. The van der Waals surface area contributed by atoms with Crippen molar-refractivity contribution in [3.8, 4) is 0 Å². The fourth-order valence-electron chi connectivity index (χ4n) is 1.47. The maximum Gasteiger partial charge on any atom is -0.0216 e. The first kappa shape index (κ1) is 9.05. The molecule has 0 N–H and O–H groups in total. The summed E-state index contributed by atoms with van der Waals surface area (Å²) >= 11 is 0. The third-order valence-corrected chi connectivity index (χ3v) is 2.15. The highest BCUT2D eigenvalue weighted by molar-refractivity contribution is 5.50. The lowest BCUT2D eigenvalue weighted by atomic mass is 9.96. The van der Waals surface area contributed by atoms with Gasteiger partial charge in [-0.05, 0) is 29.5 Å². The standard InChI is InChI=1S/C12H16/c1-5-11-6-7-12(9(2)3)10(4)8-11/h5-9H,1H2,2-4H3. The Bertz CT molecular complexity index is 282. The van der Waals surface area contributed by atoms with E-state index in [0.717, 1.165) is 0 Å². The van der Waals surface area contributed by atoms with Crippen molar-refractivity contribution >= 4 is 6.08 Å². The zero-order valence-corrected chi connectivity index (χ0v) is 8.09. The lowest BCUT2D eigenvalue weighted by Gasteiger charge is -2.09. The Labute approximate surface area is 74.9 Å². The highest BCUT2D eigenvalue weighted by Crippen LogP contribution is 2.20. The molecule has 0 amide bonds. The Morgan fingerprint density at radius 2 is 2.00 bits per heavy atom. The van der Waals surface area contributed by atoms with Gasteiger partial charge in [0, 0.05) is 0 Å². The van der Waals surface area contributed by atoms with Gasteiger partial charge in [0.1, 0.15) is 0 Å². The van der Waals surface area contributed by atoms with Crippen LogP contribution in [0.5, 0.6) is 0 Å². The summed E-state index contributed by atoms with van der Waals surface area (Å²) in [7, 11) is 0. The molecule has 1 rings (SSSR count). The average Bonchev–Trinajstić information content (AvgIpc) is 2.03. The number of rotatable bonds is 2. The Balaban J connectivity index is 3.11. The molecule has 64 valence electrons. The van der Waals surface area contributed by atoms with Gasteiger partial charge in [0.2, 0.25) is 0 Å². The van der Waals surface area contributed by atoms with E-state index in [9.17, 15) is 0 Å². The van der Waals surface area contributed by atoms with E-state index in [1.54, 1.807) is 0 Å². The first-order valence-corrected chi connectivity index (χ1v) is 4.38. The molecule has 0 heteroatoms. The van der Waals surface area contributed by atoms with Crippen LogP contribution in [0.4, 0.5) is 0 Å². The van der Waals surface area contributed by atoms with Crippen LogP contribution in [0.25, 0.3) is 6.08 Å². The SMILES string of the molecule is C=Cc1ccc(C(C)C)c(C)c1. The third-order valence-electron chi connectivity index (χ3n) is 2.15. The first-order valence-electron chi connectivity index (χ1n) is 4.38. The van der Waals surface area contributed by atoms with Crippen LogP contribution in [0.15, 0.2) is 24.8 Å². The minimum absolute atomic E-state index is 0.615. The molecule has 0 saturated carbocycles. The molecule has 0 aromatic heterocycles. The molecule has 0 heterocycles. The molecule has 0 fully saturated rings. The second-order valence-corrected chi connectivity index (χ2v) is 3.47. The van der Waals surface area contributed by atoms with Gasteiger partial charge in [-0.25, -0.2) is 0 Å². The van der Waals surface area contributed by atoms with Crippen LogP contribution in [0.1, 0.15) is 36.5 Å². The molecule has 0 bridgehead atoms. The lowest BCUT2D eigenvalue weighted by molar-refractivity contribution is 0.856. The summed E-state index contributed by atoms with van der Waals surface area (Å²) in [5.74, 6) is 0.615. The van der Waals surface area contributed by atoms with Gasteiger partial charge >= 0.3 is 0 Å². The van der Waals surface area contributed by atoms with E-state index < -0.39 is 0 Å². The Hall–Kier alpha value is -1.04. The summed E-state index contributed by atoms with van der Waals surface area (Å²) in [6, 6.07) is 6.49. The molecule has 0 unspecified atom stereocenters. The molecule has 12 heavy (non-hydrogen) atoms. The zero-order chi connectivity index (χ0) is 9.14. The van der Waals surface area contributed by atoms with Crippen molar-refractivity contribution in [3.63, 3.8) is 0 Å². The molecule has 0 aliphatic heterocycles. The molecular weight excluding hydrogens is 144 g/mol. The smallest absolute Gasteiger partial charge is 0.0216 e. The van der Waals surface area contributed by atoms with E-state index in [-0.39, 0.29) is 0 Å². The largest absolute Gasteiger partial charge is 0.0985 e. The normalized spacial score (nSPS) is 10.3. The van der Waals surface area contributed by atoms with Crippen molar-refractivity contribution in [2.24, 2.45) is 0 Å². The van der Waals surface area contributed by atoms with Crippen LogP contribution in [0.2, 0.25) is 0 Å². The lowest BCUT2D eigenvalue weighted by Crippen LogP contribution is -1.91. The van der Waals surface area contributed by atoms with E-state index in [4.69, 9.17) is 0 Å². The molecule has 0 nitrogen and oxygen atoms in total. The molecule has 0 spiro atoms. The molecule has 0 aliphatic carbocycles. The van der Waals surface area contributed by atoms with Crippen molar-refractivity contribution < 1.29 is 0 Å². The monoisotopic (exact) mass is 160 g/mol. The number of hydrogen-bond donors (Lipinski definition) is 0. The Morgan fingerprint density at radius 3 is 2.42 bits per heavy atom. The predicted octanol–water partition coefficient (Wildman–Crippen LogP) is 3.76. The topological polar surface area (TPSA) is 0 Å². The van der Waals surface area contributed by atoms with Gasteiger partial charge in [-0.1, -0.05) is 44.7 Å². The maximum atomic E-state index is 3.75. The van der Waals surface area contributed by atoms with Crippen LogP contribution < -0.4 is 0 Å². The van der Waals surface area contributed by atoms with Gasteiger partial charge in [0.05, 0.1) is 0 Å². The van der Waals surface area contributed by atoms with Crippen LogP contribution in [0.3, 0.4) is 0 Å². The van der Waals surface area contributed by atoms with Gasteiger partial charge in [0.25, 0.3) is 0 Å². The minimum atomic E-state index is 0.615. The molecule has 0 saturated heterocycles. The average molecular weight is 160 g/mol. The number of hydrogen-bond acceptors (Lipinski definition) is 0. The Kier molecular flexibility index (Phi) is 2.69. The Morgan fingerprint density at radius 1 is 1.33 bits per heavy atom. The van der Waals surface area contributed by atoms with Crippen molar-refractivity contribution in [3.05, 3.63) is 41.5 Å². The highest BCUT2D eigenvalue weighted by atomic mass is 14.1. The van der Waals surface area contributed by atoms with Crippen LogP contribution in [0, 0.1) is 6.92 Å². The van der Waals surface area contributed by atoms with Gasteiger partial charge in [-0.15, -0.1) is 0 Å². The van der Waals surface area contributed by atoms with Crippen LogP contribution in [-0.2, 0) is 0 Å². The van der Waals surface area contributed by atoms with E-state index in [2.05, 4.69) is 45.5 Å². The summed E-state index contributed by atoms with van der Waals surface area (Å²) < 4.78 is 0. The van der Waals surface area contributed by atoms with Gasteiger partial charge in [0.15, 0.2) is 0 Å². The fourth-order valence-corrected chi connectivity index (χ4v) is 1.47. The first-order chi connectivity index (χ1) is 5.65. The minimum Gasteiger partial charge on any atom is -0.0985 e. The van der Waals surface area contributed by atoms with E-state index in [1.165, 1.54) is 16.7 Å². The van der Waals surface area contributed by atoms with Crippen LogP contribution >= 0.6 is 0 Å². The number of aryl methyl sites for hydroxylation is 1. The van der Waals surface area contributed by atoms with Crippen LogP contribution in [-0.4, -0.2) is 0 Å². The zero-order valence-electron chi connectivity index (χ0n) is 8.09. The van der Waals surface area contributed by atoms with Crippen molar-refractivity contribution in [1.82, 2.24) is 0 Å². The molecule has 0 aliphatic rings. The van der Waals surface area contributed by atoms with Crippen molar-refractivity contribution in [2.75, 3.05) is 0 Å². The second-order valence-electron chi connectivity index (χ2n) is 3.47. The van der Waals surface area contributed by atoms with E-state index in [0.29, 0.717) is 5.92 Å². The number of benzene rings is 1. The molecular formula is C12H16. The summed E-state index contributed by atoms with van der Waals surface area (Å²) in [5.41, 5.74) is 4.00. The van der Waals surface area contributed by atoms with Crippen molar-refractivity contribution in [2.45, 2.75) is 26.7 Å². The maximum absolute atomic E-state index is 3.75. The summed E-state index contributed by atoms with van der Waals surface area (Å²) in [5, 5.41) is 0. The predicted molar refractivity (Wildman–Crippen MR) is 55.4 cm³/mol. The molecule has 0 radical (unpaired) electrons. The van der Waals surface area contributed by atoms with Gasteiger partial charge < -0.3 is 0 Å². The molecule has 1 aromatic carbocycles. The highest BCUT2D eigenvalue weighted by Gasteiger charge is 2.01. The molecule has 0 atom stereocenters. The van der Waals surface area contributed by atoms with E-state index in [1.807, 2.05) is 6.08 Å². The van der Waals surface area contributed by atoms with Crippen molar-refractivity contribution in [1.29, 1.82) is 0 Å². The quantitative estimate of drug-likeness (QED) is 0.618. The summed E-state index contributed by atoms with van der Waals surface area (Å²) in [6.07, 6.45) is 1.89. The van der Waals surface area contributed by atoms with E-state index >= 15 is 0 Å². The van der Waals surface area contributed by atoms with Gasteiger partial charge in [-0.3, -0.25) is 0 Å². The summed E-state index contributed by atoms with van der Waals surface area (Å²) in [4.78, 5) is 0. The third kappa shape index (κ3) is 1.76.